The van der Waals surface area contributed by atoms with Crippen molar-refractivity contribution >= 4 is 5.65 Å². The highest BCUT2D eigenvalue weighted by Crippen LogP contribution is 2.33. The molecule has 2 atom stereocenters. The lowest BCUT2D eigenvalue weighted by molar-refractivity contribution is 0.0594. The van der Waals surface area contributed by atoms with Crippen molar-refractivity contribution in [3.8, 4) is 34.0 Å². The minimum absolute atomic E-state index is 0.106. The number of alkyl halides is 1. The van der Waals surface area contributed by atoms with Crippen LogP contribution < -0.4 is 4.74 Å². The van der Waals surface area contributed by atoms with Gasteiger partial charge in [-0.25, -0.2) is 9.37 Å². The van der Waals surface area contributed by atoms with Crippen molar-refractivity contribution < 1.29 is 14.2 Å². The second-order valence-corrected chi connectivity index (χ2v) is 7.55. The molecule has 0 saturated heterocycles. The molecule has 0 spiro atoms. The van der Waals surface area contributed by atoms with Gasteiger partial charge in [0.05, 0.1) is 5.69 Å². The van der Waals surface area contributed by atoms with Crippen LogP contribution in [-0.2, 0) is 0 Å². The van der Waals surface area contributed by atoms with Gasteiger partial charge < -0.3 is 14.2 Å². The summed E-state index contributed by atoms with van der Waals surface area (Å²) < 4.78 is 21.6. The molecule has 30 heavy (non-hydrogen) atoms. The van der Waals surface area contributed by atoms with Crippen LogP contribution in [0.3, 0.4) is 0 Å². The van der Waals surface area contributed by atoms with Crippen LogP contribution in [0.4, 0.5) is 4.39 Å². The van der Waals surface area contributed by atoms with Gasteiger partial charge in [0.25, 0.3) is 0 Å². The molecule has 1 aliphatic carbocycles. The number of rotatable bonds is 4. The second-order valence-electron chi connectivity index (χ2n) is 7.55. The predicted molar refractivity (Wildman–Crippen MR) is 111 cm³/mol. The number of benzene rings is 1. The molecule has 0 aliphatic heterocycles. The van der Waals surface area contributed by atoms with Crippen LogP contribution in [0.2, 0.25) is 0 Å². The zero-order chi connectivity index (χ0) is 20.5. The number of halogens is 1. The van der Waals surface area contributed by atoms with Gasteiger partial charge in [0, 0.05) is 30.2 Å². The number of aromatic nitrogens is 4. The van der Waals surface area contributed by atoms with E-state index in [0.717, 1.165) is 29.6 Å². The molecular weight excluding hydrogens is 383 g/mol. The summed E-state index contributed by atoms with van der Waals surface area (Å²) in [5, 5.41) is 18.8. The number of imidazole rings is 1. The van der Waals surface area contributed by atoms with E-state index in [1.165, 1.54) is 0 Å². The molecule has 3 heterocycles. The van der Waals surface area contributed by atoms with Gasteiger partial charge >= 0.3 is 0 Å². The smallest absolute Gasteiger partial charge is 0.233 e. The molecule has 3 aromatic heterocycles. The highest BCUT2D eigenvalue weighted by Gasteiger charge is 2.26. The van der Waals surface area contributed by atoms with Gasteiger partial charge in [0.15, 0.2) is 0 Å². The second kappa shape index (κ2) is 7.74. The highest BCUT2D eigenvalue weighted by atomic mass is 19.1. The maximum absolute atomic E-state index is 14.0. The lowest BCUT2D eigenvalue weighted by Crippen LogP contribution is -2.32. The number of phenols is 1. The molecule has 1 fully saturated rings. The van der Waals surface area contributed by atoms with E-state index in [0.29, 0.717) is 30.0 Å². The van der Waals surface area contributed by atoms with E-state index in [-0.39, 0.29) is 5.75 Å². The standard InChI is InChI=1S/C23H21FN4O2/c24-18-3-1-2-4-21(18)30-23-8-7-19(26-27-23)17-6-5-15(13-20(17)29)16-9-11-28-12-10-25-22(28)14-16/h5-14,18,21,29H,1-4H2/t18-,21+/m1/s1. The summed E-state index contributed by atoms with van der Waals surface area (Å²) >= 11 is 0. The Kier molecular flexibility index (Phi) is 4.78. The first-order chi connectivity index (χ1) is 14.7. The van der Waals surface area contributed by atoms with Gasteiger partial charge in [0.2, 0.25) is 5.88 Å². The molecule has 4 aromatic rings. The molecule has 1 N–H and O–H groups in total. The van der Waals surface area contributed by atoms with Crippen molar-refractivity contribution in [1.82, 2.24) is 19.6 Å². The molecule has 7 heteroatoms. The van der Waals surface area contributed by atoms with Crippen LogP contribution in [0.15, 0.2) is 61.1 Å². The molecule has 1 aromatic carbocycles. The van der Waals surface area contributed by atoms with Gasteiger partial charge in [-0.3, -0.25) is 0 Å². The van der Waals surface area contributed by atoms with Crippen molar-refractivity contribution in [3.63, 3.8) is 0 Å². The summed E-state index contributed by atoms with van der Waals surface area (Å²) in [6.45, 7) is 0. The first-order valence-corrected chi connectivity index (χ1v) is 10.1. The molecule has 152 valence electrons. The fourth-order valence-electron chi connectivity index (χ4n) is 3.88. The monoisotopic (exact) mass is 404 g/mol. The van der Waals surface area contributed by atoms with Crippen molar-refractivity contribution in [2.24, 2.45) is 0 Å². The van der Waals surface area contributed by atoms with Crippen molar-refractivity contribution in [2.75, 3.05) is 0 Å². The minimum atomic E-state index is -0.960. The Labute approximate surface area is 173 Å². The first kappa shape index (κ1) is 18.5. The molecular formula is C23H21FN4O2. The fourth-order valence-corrected chi connectivity index (χ4v) is 3.88. The number of fused-ring (bicyclic) bond motifs is 1. The Morgan fingerprint density at radius 3 is 2.63 bits per heavy atom. The summed E-state index contributed by atoms with van der Waals surface area (Å²) in [5.74, 6) is 0.409. The molecule has 1 aliphatic rings. The summed E-state index contributed by atoms with van der Waals surface area (Å²) in [6.07, 6.45) is 7.22. The number of hydrogen-bond acceptors (Lipinski definition) is 5. The zero-order valence-electron chi connectivity index (χ0n) is 16.3. The van der Waals surface area contributed by atoms with Crippen LogP contribution in [-0.4, -0.2) is 37.0 Å². The minimum Gasteiger partial charge on any atom is -0.507 e. The molecule has 0 amide bonds. The highest BCUT2D eigenvalue weighted by molar-refractivity contribution is 5.75. The molecule has 0 bridgehead atoms. The topological polar surface area (TPSA) is 72.5 Å². The third-order valence-electron chi connectivity index (χ3n) is 5.54. The maximum atomic E-state index is 14.0. The Morgan fingerprint density at radius 2 is 1.83 bits per heavy atom. The normalized spacial score (nSPS) is 19.1. The van der Waals surface area contributed by atoms with E-state index in [1.54, 1.807) is 24.4 Å². The van der Waals surface area contributed by atoms with Crippen molar-refractivity contribution in [2.45, 2.75) is 38.0 Å². The Hall–Kier alpha value is -3.48. The van der Waals surface area contributed by atoms with E-state index in [2.05, 4.69) is 15.2 Å². The number of nitrogens with zero attached hydrogens (tertiary/aromatic N) is 4. The summed E-state index contributed by atoms with van der Waals surface area (Å²) in [7, 11) is 0. The average molecular weight is 404 g/mol. The largest absolute Gasteiger partial charge is 0.507 e. The number of aromatic hydroxyl groups is 1. The van der Waals surface area contributed by atoms with Crippen LogP contribution in [0.25, 0.3) is 28.0 Å². The Balaban J connectivity index is 1.36. The van der Waals surface area contributed by atoms with E-state index in [1.807, 2.05) is 41.1 Å². The van der Waals surface area contributed by atoms with E-state index in [4.69, 9.17) is 4.74 Å². The van der Waals surface area contributed by atoms with Crippen molar-refractivity contribution in [3.05, 3.63) is 61.1 Å². The fraction of sp³-hybridized carbons (Fsp3) is 0.261. The number of pyridine rings is 1. The van der Waals surface area contributed by atoms with E-state index >= 15 is 0 Å². The number of phenolic OH excluding ortho intramolecular Hbond substituents is 1. The van der Waals surface area contributed by atoms with Gasteiger partial charge in [0.1, 0.15) is 23.7 Å². The lowest BCUT2D eigenvalue weighted by atomic mass is 9.96. The van der Waals surface area contributed by atoms with Crippen LogP contribution >= 0.6 is 0 Å². The van der Waals surface area contributed by atoms with Gasteiger partial charge in [-0.2, -0.15) is 0 Å². The summed E-state index contributed by atoms with van der Waals surface area (Å²) in [5.41, 5.74) is 3.77. The molecule has 0 unspecified atom stereocenters. The maximum Gasteiger partial charge on any atom is 0.233 e. The van der Waals surface area contributed by atoms with Gasteiger partial charge in [-0.05, 0) is 60.7 Å². The summed E-state index contributed by atoms with van der Waals surface area (Å²) in [6, 6.07) is 12.8. The molecule has 6 nitrogen and oxygen atoms in total. The third-order valence-corrected chi connectivity index (χ3v) is 5.54. The molecule has 1 saturated carbocycles. The number of ether oxygens (including phenoxy) is 1. The first-order valence-electron chi connectivity index (χ1n) is 10.1. The van der Waals surface area contributed by atoms with Gasteiger partial charge in [-0.1, -0.05) is 12.5 Å². The Bertz CT molecular complexity index is 1180. The summed E-state index contributed by atoms with van der Waals surface area (Å²) in [4.78, 5) is 4.29. The molecule has 0 radical (unpaired) electrons. The third kappa shape index (κ3) is 3.58. The predicted octanol–water partition coefficient (Wildman–Crippen LogP) is 4.82. The van der Waals surface area contributed by atoms with Crippen molar-refractivity contribution in [1.29, 1.82) is 0 Å². The van der Waals surface area contributed by atoms with Crippen LogP contribution in [0.1, 0.15) is 25.7 Å². The average Bonchev–Trinajstić information content (AvgIpc) is 3.24. The van der Waals surface area contributed by atoms with E-state index < -0.39 is 12.3 Å². The quantitative estimate of drug-likeness (QED) is 0.528. The molecule has 5 rings (SSSR count). The SMILES string of the molecule is Oc1cc(-c2ccn3ccnc3c2)ccc1-c1ccc(O[C@H]2CCCC[C@H]2F)nn1. The lowest BCUT2D eigenvalue weighted by Gasteiger charge is -2.25. The Morgan fingerprint density at radius 1 is 0.967 bits per heavy atom. The van der Waals surface area contributed by atoms with Crippen LogP contribution in [0, 0.1) is 0 Å². The number of hydrogen-bond donors (Lipinski definition) is 1. The zero-order valence-corrected chi connectivity index (χ0v) is 16.3. The van der Waals surface area contributed by atoms with Gasteiger partial charge in [-0.15, -0.1) is 10.2 Å². The van der Waals surface area contributed by atoms with E-state index in [9.17, 15) is 9.50 Å². The van der Waals surface area contributed by atoms with Crippen LogP contribution in [0.5, 0.6) is 11.6 Å².